The molecule has 0 aliphatic heterocycles. The fourth-order valence-corrected chi connectivity index (χ4v) is 5.09. The number of benzene rings is 1. The summed E-state index contributed by atoms with van der Waals surface area (Å²) >= 11 is 0. The van der Waals surface area contributed by atoms with E-state index < -0.39 is 15.9 Å². The number of nitrogens with one attached hydrogen (secondary N) is 1. The number of anilines is 1. The number of rotatable bonds is 10. The van der Waals surface area contributed by atoms with Gasteiger partial charge in [-0.25, -0.2) is 8.42 Å². The highest BCUT2D eigenvalue weighted by Crippen LogP contribution is 2.27. The van der Waals surface area contributed by atoms with Crippen molar-refractivity contribution in [2.75, 3.05) is 25.0 Å². The molecule has 0 saturated heterocycles. The van der Waals surface area contributed by atoms with Crippen LogP contribution in [0.15, 0.2) is 29.2 Å². The molecular formula is C21H32N2O5S. The van der Waals surface area contributed by atoms with Gasteiger partial charge in [-0.2, -0.15) is 4.31 Å². The Bertz CT molecular complexity index is 767. The van der Waals surface area contributed by atoms with Crippen molar-refractivity contribution in [3.63, 3.8) is 0 Å². The molecule has 0 spiro atoms. The third-order valence-electron chi connectivity index (χ3n) is 5.33. The smallest absolute Gasteiger partial charge is 0.306 e. The number of amides is 1. The first kappa shape index (κ1) is 23.3. The molecule has 1 saturated carbocycles. The Hall–Kier alpha value is -1.93. The van der Waals surface area contributed by atoms with Crippen molar-refractivity contribution in [2.45, 2.75) is 63.7 Å². The van der Waals surface area contributed by atoms with Gasteiger partial charge in [0.25, 0.3) is 5.91 Å². The largest absolute Gasteiger partial charge is 0.456 e. The summed E-state index contributed by atoms with van der Waals surface area (Å²) in [5.41, 5.74) is 0.451. The molecule has 0 heterocycles. The van der Waals surface area contributed by atoms with Crippen molar-refractivity contribution >= 4 is 27.6 Å². The highest BCUT2D eigenvalue weighted by atomic mass is 32.2. The molecule has 8 heteroatoms. The zero-order valence-corrected chi connectivity index (χ0v) is 18.2. The Kier molecular flexibility index (Phi) is 9.10. The van der Waals surface area contributed by atoms with Crippen LogP contribution in [-0.4, -0.2) is 44.3 Å². The molecule has 2 rings (SSSR count). The first-order chi connectivity index (χ1) is 13.9. The van der Waals surface area contributed by atoms with E-state index in [1.165, 1.54) is 60.7 Å². The Morgan fingerprint density at radius 3 is 2.28 bits per heavy atom. The van der Waals surface area contributed by atoms with Crippen LogP contribution >= 0.6 is 0 Å². The second-order valence-corrected chi connectivity index (χ2v) is 9.30. The molecule has 1 fully saturated rings. The number of nitrogens with zero attached hydrogens (tertiary/aromatic N) is 1. The molecule has 1 aliphatic carbocycles. The lowest BCUT2D eigenvalue weighted by Crippen LogP contribution is -2.30. The first-order valence-corrected chi connectivity index (χ1v) is 11.9. The van der Waals surface area contributed by atoms with Crippen LogP contribution in [0.1, 0.15) is 58.8 Å². The summed E-state index contributed by atoms with van der Waals surface area (Å²) in [5, 5.41) is 2.61. The summed E-state index contributed by atoms with van der Waals surface area (Å²) in [7, 11) is -3.53. The quantitative estimate of drug-likeness (QED) is 0.580. The van der Waals surface area contributed by atoms with Gasteiger partial charge in [0.1, 0.15) is 0 Å². The number of ether oxygens (including phenoxy) is 1. The van der Waals surface area contributed by atoms with Crippen LogP contribution in [0.3, 0.4) is 0 Å². The minimum absolute atomic E-state index is 0.174. The molecule has 1 amide bonds. The highest BCUT2D eigenvalue weighted by Gasteiger charge is 2.21. The van der Waals surface area contributed by atoms with Crippen LogP contribution in [0.4, 0.5) is 5.69 Å². The average Bonchev–Trinajstić information content (AvgIpc) is 2.72. The van der Waals surface area contributed by atoms with Crippen molar-refractivity contribution in [3.8, 4) is 0 Å². The molecular weight excluding hydrogens is 392 g/mol. The zero-order valence-electron chi connectivity index (χ0n) is 17.4. The summed E-state index contributed by atoms with van der Waals surface area (Å²) in [6.07, 6.45) is 7.26. The summed E-state index contributed by atoms with van der Waals surface area (Å²) in [6, 6.07) is 5.97. The fourth-order valence-electron chi connectivity index (χ4n) is 3.64. The van der Waals surface area contributed by atoms with Crippen molar-refractivity contribution in [3.05, 3.63) is 24.3 Å². The SMILES string of the molecule is CCN(CC)S(=O)(=O)c1ccc(NC(=O)COC(=O)CCC2CCCCC2)cc1. The molecule has 0 atom stereocenters. The highest BCUT2D eigenvalue weighted by molar-refractivity contribution is 7.89. The lowest BCUT2D eigenvalue weighted by molar-refractivity contribution is -0.147. The fraction of sp³-hybridized carbons (Fsp3) is 0.619. The lowest BCUT2D eigenvalue weighted by atomic mass is 9.86. The van der Waals surface area contributed by atoms with Crippen LogP contribution in [-0.2, 0) is 24.3 Å². The molecule has 0 aromatic heterocycles. The maximum absolute atomic E-state index is 12.5. The monoisotopic (exact) mass is 424 g/mol. The summed E-state index contributed by atoms with van der Waals surface area (Å²) in [6.45, 7) is 4.01. The molecule has 1 N–H and O–H groups in total. The standard InChI is InChI=1S/C21H32N2O5S/c1-3-23(4-2)29(26,27)19-13-11-18(12-14-19)22-20(24)16-28-21(25)15-10-17-8-6-5-7-9-17/h11-14,17H,3-10,15-16H2,1-2H3,(H,22,24). The van der Waals surface area contributed by atoms with Gasteiger partial charge in [0.2, 0.25) is 10.0 Å². The summed E-state index contributed by atoms with van der Waals surface area (Å²) in [5.74, 6) is -0.210. The van der Waals surface area contributed by atoms with Crippen molar-refractivity contribution in [1.82, 2.24) is 4.31 Å². The van der Waals surface area contributed by atoms with Crippen molar-refractivity contribution in [2.24, 2.45) is 5.92 Å². The number of hydrogen-bond acceptors (Lipinski definition) is 5. The second kappa shape index (κ2) is 11.3. The minimum atomic E-state index is -3.53. The van der Waals surface area contributed by atoms with Gasteiger partial charge >= 0.3 is 5.97 Å². The van der Waals surface area contributed by atoms with Gasteiger partial charge in [0.05, 0.1) is 4.90 Å². The van der Waals surface area contributed by atoms with Crippen LogP contribution < -0.4 is 5.32 Å². The zero-order chi connectivity index (χ0) is 21.3. The average molecular weight is 425 g/mol. The maximum atomic E-state index is 12.5. The number of carbonyl (C=O) groups excluding carboxylic acids is 2. The van der Waals surface area contributed by atoms with E-state index in [-0.39, 0.29) is 17.5 Å². The maximum Gasteiger partial charge on any atom is 0.306 e. The van der Waals surface area contributed by atoms with Gasteiger partial charge in [-0.1, -0.05) is 46.0 Å². The van der Waals surface area contributed by atoms with Gasteiger partial charge in [-0.05, 0) is 36.6 Å². The van der Waals surface area contributed by atoms with Crippen LogP contribution in [0, 0.1) is 5.92 Å². The summed E-state index contributed by atoms with van der Waals surface area (Å²) < 4.78 is 31.3. The molecule has 1 aromatic carbocycles. The molecule has 1 aliphatic rings. The van der Waals surface area contributed by atoms with E-state index in [4.69, 9.17) is 4.74 Å². The van der Waals surface area contributed by atoms with Gasteiger partial charge < -0.3 is 10.1 Å². The topological polar surface area (TPSA) is 92.8 Å². The predicted molar refractivity (Wildman–Crippen MR) is 112 cm³/mol. The van der Waals surface area contributed by atoms with E-state index in [9.17, 15) is 18.0 Å². The van der Waals surface area contributed by atoms with E-state index in [2.05, 4.69) is 5.32 Å². The predicted octanol–water partition coefficient (Wildman–Crippen LogP) is 3.56. The molecule has 1 aromatic rings. The van der Waals surface area contributed by atoms with Crippen molar-refractivity contribution < 1.29 is 22.7 Å². The van der Waals surface area contributed by atoms with Crippen LogP contribution in [0.2, 0.25) is 0 Å². The molecule has 162 valence electrons. The molecule has 0 bridgehead atoms. The number of esters is 1. The Balaban J connectivity index is 1.78. The minimum Gasteiger partial charge on any atom is -0.456 e. The van der Waals surface area contributed by atoms with Gasteiger partial charge in [0.15, 0.2) is 6.61 Å². The van der Waals surface area contributed by atoms with Crippen LogP contribution in [0.5, 0.6) is 0 Å². The van der Waals surface area contributed by atoms with E-state index in [1.807, 2.05) is 0 Å². The number of sulfonamides is 1. The van der Waals surface area contributed by atoms with E-state index in [0.717, 1.165) is 6.42 Å². The number of carbonyl (C=O) groups is 2. The van der Waals surface area contributed by atoms with E-state index >= 15 is 0 Å². The number of hydrogen-bond donors (Lipinski definition) is 1. The second-order valence-electron chi connectivity index (χ2n) is 7.37. The molecule has 0 radical (unpaired) electrons. The Morgan fingerprint density at radius 2 is 1.69 bits per heavy atom. The summed E-state index contributed by atoms with van der Waals surface area (Å²) in [4.78, 5) is 24.0. The third-order valence-corrected chi connectivity index (χ3v) is 7.39. The Labute approximate surface area is 173 Å². The molecule has 29 heavy (non-hydrogen) atoms. The molecule has 0 unspecified atom stereocenters. The molecule has 7 nitrogen and oxygen atoms in total. The van der Waals surface area contributed by atoms with Gasteiger partial charge in [-0.15, -0.1) is 0 Å². The Morgan fingerprint density at radius 1 is 1.07 bits per heavy atom. The van der Waals surface area contributed by atoms with E-state index in [1.54, 1.807) is 13.8 Å². The van der Waals surface area contributed by atoms with Crippen LogP contribution in [0.25, 0.3) is 0 Å². The normalized spacial score (nSPS) is 15.3. The lowest BCUT2D eigenvalue weighted by Gasteiger charge is -2.20. The van der Waals surface area contributed by atoms with Crippen molar-refractivity contribution in [1.29, 1.82) is 0 Å². The first-order valence-electron chi connectivity index (χ1n) is 10.4. The third kappa shape index (κ3) is 7.12. The van der Waals surface area contributed by atoms with E-state index in [0.29, 0.717) is 31.1 Å². The van der Waals surface area contributed by atoms with Gasteiger partial charge in [0, 0.05) is 25.2 Å². The van der Waals surface area contributed by atoms with Gasteiger partial charge in [-0.3, -0.25) is 9.59 Å².